The first-order valence-corrected chi connectivity index (χ1v) is 8.43. The third-order valence-electron chi connectivity index (χ3n) is 2.74. The predicted molar refractivity (Wildman–Crippen MR) is 82.0 cm³/mol. The van der Waals surface area contributed by atoms with Crippen molar-refractivity contribution in [2.75, 3.05) is 6.61 Å². The van der Waals surface area contributed by atoms with Gasteiger partial charge in [0.15, 0.2) is 5.78 Å². The number of hydrogen-bond donors (Lipinski definition) is 1. The summed E-state index contributed by atoms with van der Waals surface area (Å²) in [7, 11) is -3.90. The highest BCUT2D eigenvalue weighted by atomic mass is 35.5. The summed E-state index contributed by atoms with van der Waals surface area (Å²) in [5, 5.41) is 0.403. The molecule has 0 saturated heterocycles. The maximum Gasteiger partial charge on any atom is 0.324 e. The molecule has 0 spiro atoms. The smallest absolute Gasteiger partial charge is 0.324 e. The number of ketones is 1. The molecule has 1 rings (SSSR count). The van der Waals surface area contributed by atoms with Gasteiger partial charge in [-0.2, -0.15) is 4.72 Å². The fourth-order valence-electron chi connectivity index (χ4n) is 1.57. The zero-order valence-electron chi connectivity index (χ0n) is 12.5. The predicted octanol–water partition coefficient (Wildman–Crippen LogP) is 1.78. The fourth-order valence-corrected chi connectivity index (χ4v) is 3.03. The van der Waals surface area contributed by atoms with Crippen LogP contribution in [0.15, 0.2) is 29.2 Å². The van der Waals surface area contributed by atoms with Gasteiger partial charge in [0.25, 0.3) is 0 Å². The van der Waals surface area contributed by atoms with E-state index in [0.29, 0.717) is 5.02 Å². The van der Waals surface area contributed by atoms with E-state index in [0.717, 1.165) is 0 Å². The third kappa shape index (κ3) is 5.40. The molecule has 0 aliphatic heterocycles. The standard InChI is InChI=1S/C14H18ClNO5S/c1-9(2)13(14(18)21-8-10(3)17)16-22(19,20)12-6-4-11(15)5-7-12/h4-7,9,13,16H,8H2,1-3H3/t13-/m0/s1. The van der Waals surface area contributed by atoms with Gasteiger partial charge in [-0.25, -0.2) is 8.42 Å². The van der Waals surface area contributed by atoms with Crippen molar-refractivity contribution in [2.45, 2.75) is 31.7 Å². The molecule has 1 atom stereocenters. The van der Waals surface area contributed by atoms with Crippen molar-refractivity contribution in [1.29, 1.82) is 0 Å². The maximum atomic E-state index is 12.3. The van der Waals surface area contributed by atoms with Crippen LogP contribution in [0.4, 0.5) is 0 Å². The molecule has 0 bridgehead atoms. The van der Waals surface area contributed by atoms with Crippen LogP contribution in [0.2, 0.25) is 5.02 Å². The van der Waals surface area contributed by atoms with Crippen molar-refractivity contribution >= 4 is 33.4 Å². The summed E-state index contributed by atoms with van der Waals surface area (Å²) in [5.74, 6) is -1.46. The van der Waals surface area contributed by atoms with Gasteiger partial charge < -0.3 is 4.74 Å². The summed E-state index contributed by atoms with van der Waals surface area (Å²) < 4.78 is 31.6. The number of nitrogens with one attached hydrogen (secondary N) is 1. The lowest BCUT2D eigenvalue weighted by Crippen LogP contribution is -2.45. The van der Waals surface area contributed by atoms with Gasteiger partial charge in [-0.05, 0) is 37.1 Å². The van der Waals surface area contributed by atoms with E-state index in [9.17, 15) is 18.0 Å². The second kappa shape index (κ2) is 7.71. The molecule has 1 aromatic carbocycles. The Morgan fingerprint density at radius 1 is 1.23 bits per heavy atom. The van der Waals surface area contributed by atoms with E-state index in [1.807, 2.05) is 0 Å². The molecule has 0 radical (unpaired) electrons. The minimum Gasteiger partial charge on any atom is -0.457 e. The Morgan fingerprint density at radius 2 is 1.77 bits per heavy atom. The molecule has 6 nitrogen and oxygen atoms in total. The molecule has 0 aliphatic carbocycles. The lowest BCUT2D eigenvalue weighted by Gasteiger charge is -2.20. The van der Waals surface area contributed by atoms with E-state index in [4.69, 9.17) is 16.3 Å². The number of carbonyl (C=O) groups is 2. The average Bonchev–Trinajstić information content (AvgIpc) is 2.42. The summed E-state index contributed by atoms with van der Waals surface area (Å²) in [5.41, 5.74) is 0. The zero-order chi connectivity index (χ0) is 16.9. The van der Waals surface area contributed by atoms with Crippen LogP contribution >= 0.6 is 11.6 Å². The number of benzene rings is 1. The van der Waals surface area contributed by atoms with Crippen LogP contribution in [0, 0.1) is 5.92 Å². The van der Waals surface area contributed by atoms with Crippen LogP contribution in [-0.2, 0) is 24.3 Å². The Morgan fingerprint density at radius 3 is 2.23 bits per heavy atom. The van der Waals surface area contributed by atoms with Gasteiger partial charge in [0.1, 0.15) is 12.6 Å². The molecular weight excluding hydrogens is 330 g/mol. The van der Waals surface area contributed by atoms with E-state index < -0.39 is 22.0 Å². The molecule has 0 aromatic heterocycles. The molecule has 0 amide bonds. The van der Waals surface area contributed by atoms with Gasteiger partial charge in [-0.15, -0.1) is 0 Å². The zero-order valence-corrected chi connectivity index (χ0v) is 14.1. The number of rotatable bonds is 7. The first-order valence-electron chi connectivity index (χ1n) is 6.57. The molecule has 0 saturated carbocycles. The summed E-state index contributed by atoms with van der Waals surface area (Å²) in [6, 6.07) is 4.47. The molecule has 0 heterocycles. The summed E-state index contributed by atoms with van der Waals surface area (Å²) >= 11 is 5.72. The Bertz CT molecular complexity index is 640. The highest BCUT2D eigenvalue weighted by Gasteiger charge is 2.29. The lowest BCUT2D eigenvalue weighted by molar-refractivity contribution is -0.150. The molecule has 1 aromatic rings. The molecule has 1 N–H and O–H groups in total. The van der Waals surface area contributed by atoms with Crippen molar-refractivity contribution in [3.63, 3.8) is 0 Å². The van der Waals surface area contributed by atoms with E-state index >= 15 is 0 Å². The topological polar surface area (TPSA) is 89.5 Å². The number of ether oxygens (including phenoxy) is 1. The molecule has 0 fully saturated rings. The second-order valence-corrected chi connectivity index (χ2v) is 7.26. The molecule has 22 heavy (non-hydrogen) atoms. The van der Waals surface area contributed by atoms with Gasteiger partial charge in [-0.3, -0.25) is 9.59 Å². The SMILES string of the molecule is CC(=O)COC(=O)[C@@H](NS(=O)(=O)c1ccc(Cl)cc1)C(C)C. The molecule has 0 aliphatic rings. The highest BCUT2D eigenvalue weighted by molar-refractivity contribution is 7.89. The van der Waals surface area contributed by atoms with Crippen LogP contribution in [0.25, 0.3) is 0 Å². The average molecular weight is 348 g/mol. The Balaban J connectivity index is 2.92. The second-order valence-electron chi connectivity index (χ2n) is 5.11. The monoisotopic (exact) mass is 347 g/mol. The van der Waals surface area contributed by atoms with Crippen molar-refractivity contribution in [2.24, 2.45) is 5.92 Å². The number of Topliss-reactive ketones (excluding diaryl/α,β-unsaturated/α-hetero) is 1. The van der Waals surface area contributed by atoms with E-state index in [1.54, 1.807) is 13.8 Å². The Labute approximate surface area is 134 Å². The maximum absolute atomic E-state index is 12.3. The first kappa shape index (κ1) is 18.6. The number of esters is 1. The summed E-state index contributed by atoms with van der Waals surface area (Å²) in [6.07, 6.45) is 0. The first-order chi connectivity index (χ1) is 10.1. The van der Waals surface area contributed by atoms with E-state index in [2.05, 4.69) is 4.72 Å². The van der Waals surface area contributed by atoms with E-state index in [1.165, 1.54) is 31.2 Å². The molecular formula is C14H18ClNO5S. The number of carbonyl (C=O) groups excluding carboxylic acids is 2. The van der Waals surface area contributed by atoms with Crippen molar-refractivity contribution < 1.29 is 22.7 Å². The van der Waals surface area contributed by atoms with Crippen molar-refractivity contribution in [3.05, 3.63) is 29.3 Å². The van der Waals surface area contributed by atoms with Crippen LogP contribution < -0.4 is 4.72 Å². The van der Waals surface area contributed by atoms with Gasteiger partial charge in [0.05, 0.1) is 4.90 Å². The van der Waals surface area contributed by atoms with Crippen LogP contribution in [0.1, 0.15) is 20.8 Å². The highest BCUT2D eigenvalue weighted by Crippen LogP contribution is 2.16. The van der Waals surface area contributed by atoms with Gasteiger partial charge in [-0.1, -0.05) is 25.4 Å². The largest absolute Gasteiger partial charge is 0.457 e. The number of sulfonamides is 1. The van der Waals surface area contributed by atoms with Gasteiger partial charge in [0.2, 0.25) is 10.0 Å². The third-order valence-corrected chi connectivity index (χ3v) is 4.45. The van der Waals surface area contributed by atoms with Gasteiger partial charge in [0, 0.05) is 5.02 Å². The van der Waals surface area contributed by atoms with Crippen molar-refractivity contribution in [3.8, 4) is 0 Å². The number of halogens is 1. The van der Waals surface area contributed by atoms with Crippen LogP contribution in [0.3, 0.4) is 0 Å². The summed E-state index contributed by atoms with van der Waals surface area (Å²) in [6.45, 7) is 4.23. The van der Waals surface area contributed by atoms with Crippen LogP contribution in [0.5, 0.6) is 0 Å². The van der Waals surface area contributed by atoms with Crippen LogP contribution in [-0.4, -0.2) is 32.8 Å². The Kier molecular flexibility index (Phi) is 6.52. The minimum absolute atomic E-state index is 0.0121. The normalized spacial score (nSPS) is 13.0. The minimum atomic E-state index is -3.90. The lowest BCUT2D eigenvalue weighted by atomic mass is 10.1. The molecule has 122 valence electrons. The Hall–Kier alpha value is -1.44. The molecule has 8 heteroatoms. The quantitative estimate of drug-likeness (QED) is 0.759. The fraction of sp³-hybridized carbons (Fsp3) is 0.429. The molecule has 0 unspecified atom stereocenters. The van der Waals surface area contributed by atoms with Gasteiger partial charge >= 0.3 is 5.97 Å². The summed E-state index contributed by atoms with van der Waals surface area (Å²) in [4.78, 5) is 22.8. The number of hydrogen-bond acceptors (Lipinski definition) is 5. The van der Waals surface area contributed by atoms with Crippen molar-refractivity contribution in [1.82, 2.24) is 4.72 Å². The van der Waals surface area contributed by atoms with E-state index in [-0.39, 0.29) is 23.2 Å².